The van der Waals surface area contributed by atoms with Crippen LogP contribution >= 0.6 is 0 Å². The molecule has 11 rings (SSSR count). The van der Waals surface area contributed by atoms with E-state index in [0.717, 1.165) is 46.0 Å². The number of ether oxygens (including phenoxy) is 2. The number of nitrogens with two attached hydrogens (primary N) is 1. The molecule has 1 aromatic heterocycles. The number of rotatable bonds is 18. The van der Waals surface area contributed by atoms with Crippen LogP contribution in [0.25, 0.3) is 6.08 Å². The Kier molecular flexibility index (Phi) is 16.8. The number of aryl methyl sites for hydroxylation is 1. The van der Waals surface area contributed by atoms with Gasteiger partial charge in [-0.3, -0.25) is 9.69 Å². The number of carboxylic acids is 1. The Morgan fingerprint density at radius 3 is 2.48 bits per heavy atom. The predicted octanol–water partition coefficient (Wildman–Crippen LogP) is 4.60. The van der Waals surface area contributed by atoms with Crippen molar-refractivity contribution in [2.75, 3.05) is 24.7 Å². The largest absolute Gasteiger partial charge is 0.508 e. The molecule has 1 saturated heterocycles. The van der Waals surface area contributed by atoms with Crippen molar-refractivity contribution in [3.05, 3.63) is 142 Å². The molecule has 4 aromatic carbocycles. The Labute approximate surface area is 496 Å². The van der Waals surface area contributed by atoms with Crippen LogP contribution in [0.4, 0.5) is 5.69 Å². The van der Waals surface area contributed by atoms with Crippen molar-refractivity contribution in [2.24, 2.45) is 28.5 Å². The molecule has 5 aromatic rings. The number of nitrogens with zero attached hydrogens (tertiary/aromatic N) is 3. The summed E-state index contributed by atoms with van der Waals surface area (Å²) in [6, 6.07) is 20.5. The molecule has 3 heterocycles. The number of aliphatic carboxylic acids is 1. The summed E-state index contributed by atoms with van der Waals surface area (Å²) in [4.78, 5) is 44.0. The monoisotopic (exact) mass is 1180 g/mol. The van der Waals surface area contributed by atoms with Gasteiger partial charge in [0.1, 0.15) is 29.8 Å². The number of aromatic nitrogens is 2. The molecule has 14 atom stereocenters. The summed E-state index contributed by atoms with van der Waals surface area (Å²) >= 11 is 0. The minimum absolute atomic E-state index is 0.000574. The molecule has 22 heteroatoms. The minimum Gasteiger partial charge on any atom is -0.508 e. The Balaban J connectivity index is 1.04. The first kappa shape index (κ1) is 60.2. The predicted molar refractivity (Wildman–Crippen MR) is 313 cm³/mol. The molecular weight excluding hydrogens is 1110 g/mol. The molecule has 4 aliphatic carbocycles. The van der Waals surface area contributed by atoms with Crippen molar-refractivity contribution in [2.45, 2.75) is 149 Å². The number of benzene rings is 4. The van der Waals surface area contributed by atoms with Crippen molar-refractivity contribution >= 4 is 29.6 Å². The van der Waals surface area contributed by atoms with Crippen molar-refractivity contribution in [1.82, 2.24) is 15.3 Å². The third-order valence-electron chi connectivity index (χ3n) is 19.4. The average molecular weight is 1190 g/mol. The molecule has 14 unspecified atom stereocenters. The highest BCUT2D eigenvalue weighted by Gasteiger charge is 2.72. The number of aliphatic imine (C=N–C) groups is 1. The summed E-state index contributed by atoms with van der Waals surface area (Å²) in [6.45, 7) is 1.40. The Morgan fingerprint density at radius 1 is 0.930 bits per heavy atom. The number of fused-ring (bicyclic) bond motifs is 7. The number of hydrogen-bond acceptors (Lipinski definition) is 17. The lowest BCUT2D eigenvalue weighted by atomic mass is 9.45. The van der Waals surface area contributed by atoms with E-state index in [1.807, 2.05) is 36.4 Å². The van der Waals surface area contributed by atoms with Crippen LogP contribution in [-0.2, 0) is 32.7 Å². The molecule has 6 aliphatic rings. The van der Waals surface area contributed by atoms with Gasteiger partial charge < -0.3 is 86.8 Å². The van der Waals surface area contributed by atoms with E-state index in [4.69, 9.17) is 15.2 Å². The Morgan fingerprint density at radius 2 is 1.72 bits per heavy atom. The van der Waals surface area contributed by atoms with Crippen LogP contribution in [0.15, 0.2) is 102 Å². The van der Waals surface area contributed by atoms with Crippen LogP contribution in [0.3, 0.4) is 0 Å². The molecule has 2 fully saturated rings. The summed E-state index contributed by atoms with van der Waals surface area (Å²) in [5.74, 6) is -12.6. The first-order chi connectivity index (χ1) is 41.3. The van der Waals surface area contributed by atoms with Crippen LogP contribution in [0.5, 0.6) is 28.7 Å². The van der Waals surface area contributed by atoms with Crippen LogP contribution in [0, 0.1) is 17.8 Å². The maximum absolute atomic E-state index is 15.8. The Hall–Kier alpha value is -7.54. The molecule has 22 nitrogen and oxygen atoms in total. The van der Waals surface area contributed by atoms with Gasteiger partial charge in [0.15, 0.2) is 29.1 Å². The summed E-state index contributed by atoms with van der Waals surface area (Å²) in [6.07, 6.45) is 1.37. The second kappa shape index (κ2) is 24.0. The van der Waals surface area contributed by atoms with Crippen molar-refractivity contribution in [3.8, 4) is 28.7 Å². The normalized spacial score (nSPS) is 30.6. The highest BCUT2D eigenvalue weighted by atomic mass is 16.8. The van der Waals surface area contributed by atoms with Crippen molar-refractivity contribution < 1.29 is 80.3 Å². The average Bonchev–Trinajstić information content (AvgIpc) is 1.47. The van der Waals surface area contributed by atoms with Crippen LogP contribution in [-0.4, -0.2) is 151 Å². The summed E-state index contributed by atoms with van der Waals surface area (Å²) in [7, 11) is 0. The highest BCUT2D eigenvalue weighted by Crippen LogP contribution is 2.72. The number of anilines is 1. The van der Waals surface area contributed by atoms with E-state index in [-0.39, 0.29) is 65.7 Å². The fourth-order valence-corrected chi connectivity index (χ4v) is 15.5. The summed E-state index contributed by atoms with van der Waals surface area (Å²) in [5.41, 5.74) is 7.10. The number of aromatic hydroxyl groups is 4. The first-order valence-electron chi connectivity index (χ1n) is 29.6. The van der Waals surface area contributed by atoms with E-state index in [9.17, 15) is 61.3 Å². The van der Waals surface area contributed by atoms with Gasteiger partial charge in [-0.25, -0.2) is 14.8 Å². The molecule has 86 heavy (non-hydrogen) atoms. The van der Waals surface area contributed by atoms with Gasteiger partial charge in [-0.15, -0.1) is 0 Å². The van der Waals surface area contributed by atoms with Gasteiger partial charge in [0, 0.05) is 76.8 Å². The number of imidazole rings is 1. The lowest BCUT2D eigenvalue weighted by Crippen LogP contribution is -2.67. The standard InChI is InChI=1S/C64H76N6O16/c1-33-15-22-41(54-53(33)68-32-69-54)42-26-34(16-23-44(42)74)17-24-48(76)70-43-27-46(85-64(84)59(81)58(80)56(78)47(31-72)86-64)55(77)57(79)49(43)52-51(63-38(11-6-12-39(63)30-71)20-18-36-10-5-14-45(75)50(36)63)37(28-62(52,70)60(82)83)19-21-40(73)13-7-25-66-61(65)67-29-35-8-3-2-4-9-35/h2-5,8-10,14,16-17,23-24,26-28,32-33,38-41,47,51-52,56,58-59,71-75,77-81,84H,6-7,11-13,15,18-22,25,29-31H2,1H3,(H,68,69)(H,82,83)(H3,65,66,67). The molecule has 0 spiro atoms. The number of aliphatic hydroxyl groups is 7. The van der Waals surface area contributed by atoms with Gasteiger partial charge in [-0.05, 0) is 123 Å². The second-order valence-corrected chi connectivity index (χ2v) is 24.1. The number of guanidine groups is 1. The van der Waals surface area contributed by atoms with Gasteiger partial charge in [-0.2, -0.15) is 0 Å². The van der Waals surface area contributed by atoms with E-state index < -0.39 is 108 Å². The molecule has 0 bridgehead atoms. The quantitative estimate of drug-likeness (QED) is 0.0108. The third-order valence-corrected chi connectivity index (χ3v) is 19.4. The SMILES string of the molecule is CC1CCC(c2cc(C=CC(=O)N3c4cc(OC5(O)OC(CO)C(O)C(O)C5O)c(O)c(O)c4C4C(C56c7c(O)cccc7CCC5CCCC6CO)C(CCC(O)CCCNC(N)=NCc5ccccc5)=CC43C(=O)O)ccc2O)c2[nH]cnc21. The number of allylic oxidation sites excluding steroid dienone is 1. The van der Waals surface area contributed by atoms with Gasteiger partial charge >= 0.3 is 11.9 Å². The zero-order valence-corrected chi connectivity index (χ0v) is 47.6. The number of hydrogen-bond donors (Lipinski definition) is 15. The zero-order valence-electron chi connectivity index (χ0n) is 47.6. The second-order valence-electron chi connectivity index (χ2n) is 24.1. The maximum atomic E-state index is 15.8. The van der Waals surface area contributed by atoms with Crippen LogP contribution in [0.1, 0.15) is 134 Å². The number of carbonyl (C=O) groups excluding carboxylic acids is 1. The molecule has 16 N–H and O–H groups in total. The lowest BCUT2D eigenvalue weighted by molar-refractivity contribution is -0.422. The molecule has 2 aliphatic heterocycles. The van der Waals surface area contributed by atoms with Crippen molar-refractivity contribution in [1.29, 1.82) is 0 Å². The molecule has 458 valence electrons. The molecule has 1 saturated carbocycles. The summed E-state index contributed by atoms with van der Waals surface area (Å²) < 4.78 is 11.1. The first-order valence-corrected chi connectivity index (χ1v) is 29.6. The van der Waals surface area contributed by atoms with E-state index in [2.05, 4.69) is 27.2 Å². The van der Waals surface area contributed by atoms with E-state index in [1.54, 1.807) is 30.6 Å². The summed E-state index contributed by atoms with van der Waals surface area (Å²) in [5, 5.41) is 142. The highest BCUT2D eigenvalue weighted by molar-refractivity contribution is 6.14. The number of carbonyl (C=O) groups is 2. The number of nitrogens with one attached hydrogen (secondary N) is 2. The van der Waals surface area contributed by atoms with Crippen LogP contribution in [0.2, 0.25) is 0 Å². The fourth-order valence-electron chi connectivity index (χ4n) is 15.5. The zero-order chi connectivity index (χ0) is 61.0. The van der Waals surface area contributed by atoms with Crippen molar-refractivity contribution in [3.63, 3.8) is 0 Å². The number of aromatic amines is 1. The van der Waals surface area contributed by atoms with Gasteiger partial charge in [0.25, 0.3) is 5.91 Å². The minimum atomic E-state index is -3.36. The number of H-pyrrole nitrogens is 1. The van der Waals surface area contributed by atoms with Crippen LogP contribution < -0.4 is 20.7 Å². The molecular formula is C64H76N6O16. The van der Waals surface area contributed by atoms with Gasteiger partial charge in [-0.1, -0.05) is 67.4 Å². The topological polar surface area (TPSA) is 378 Å². The molecule has 1 amide bonds. The number of aliphatic hydroxyl groups excluding tert-OH is 6. The maximum Gasteiger partial charge on any atom is 0.355 e. The molecule has 0 radical (unpaired) electrons. The Bertz CT molecular complexity index is 3440. The number of phenols is 4. The third kappa shape index (κ3) is 10.2. The number of carboxylic acid groups (broad SMARTS) is 1. The van der Waals surface area contributed by atoms with Gasteiger partial charge in [0.05, 0.1) is 37.0 Å². The van der Waals surface area contributed by atoms with E-state index in [1.165, 1.54) is 18.2 Å². The fraction of sp³-hybridized carbons (Fsp3) is 0.469. The number of amides is 1. The smallest absolute Gasteiger partial charge is 0.355 e. The van der Waals surface area contributed by atoms with E-state index >= 15 is 9.59 Å². The van der Waals surface area contributed by atoms with E-state index in [0.29, 0.717) is 80.3 Å². The number of phenolic OH excluding ortho intramolecular Hbond substituents is 4. The van der Waals surface area contributed by atoms with Gasteiger partial charge in [0.2, 0.25) is 5.75 Å². The lowest BCUT2D eigenvalue weighted by Gasteiger charge is -2.58.